The topological polar surface area (TPSA) is 35.6 Å². The van der Waals surface area contributed by atoms with Crippen molar-refractivity contribution in [1.82, 2.24) is 19.1 Å². The van der Waals surface area contributed by atoms with Gasteiger partial charge < -0.3 is 9.13 Å². The van der Waals surface area contributed by atoms with Crippen molar-refractivity contribution in [3.8, 4) is 22.5 Å². The highest BCUT2D eigenvalue weighted by Gasteiger charge is 2.14. The molecule has 4 aromatic carbocycles. The Morgan fingerprint density at radius 1 is 0.395 bits per heavy atom. The van der Waals surface area contributed by atoms with Crippen LogP contribution in [0.15, 0.2) is 134 Å². The molecule has 38 heavy (non-hydrogen) atoms. The lowest BCUT2D eigenvalue weighted by atomic mass is 10.0. The number of fused-ring (bicyclic) bond motifs is 6. The van der Waals surface area contributed by atoms with Crippen LogP contribution >= 0.6 is 0 Å². The monoisotopic (exact) mass is 486 g/mol. The van der Waals surface area contributed by atoms with E-state index in [0.29, 0.717) is 0 Å². The number of benzene rings is 4. The van der Waals surface area contributed by atoms with E-state index >= 15 is 0 Å². The highest BCUT2D eigenvalue weighted by molar-refractivity contribution is 6.09. The minimum absolute atomic E-state index is 1.13. The fourth-order valence-corrected chi connectivity index (χ4v) is 5.84. The molecule has 0 saturated heterocycles. The van der Waals surface area contributed by atoms with Gasteiger partial charge in [0.05, 0.1) is 22.1 Å². The number of para-hydroxylation sites is 2. The van der Waals surface area contributed by atoms with Crippen molar-refractivity contribution in [2.24, 2.45) is 0 Å². The van der Waals surface area contributed by atoms with Gasteiger partial charge in [-0.1, -0.05) is 60.7 Å². The molecule has 4 aromatic heterocycles. The van der Waals surface area contributed by atoms with E-state index in [2.05, 4.69) is 128 Å². The van der Waals surface area contributed by atoms with Crippen LogP contribution in [0.3, 0.4) is 0 Å². The van der Waals surface area contributed by atoms with Crippen molar-refractivity contribution >= 4 is 43.6 Å². The average molecular weight is 487 g/mol. The van der Waals surface area contributed by atoms with Crippen LogP contribution in [0.25, 0.3) is 66.1 Å². The Bertz CT molecular complexity index is 1890. The Hall–Kier alpha value is -5.22. The number of aromatic nitrogens is 4. The number of nitrogens with zero attached hydrogens (tertiary/aromatic N) is 4. The molecule has 4 nitrogen and oxygen atoms in total. The second kappa shape index (κ2) is 8.15. The van der Waals surface area contributed by atoms with Crippen LogP contribution in [0.4, 0.5) is 0 Å². The molecule has 0 bridgehead atoms. The van der Waals surface area contributed by atoms with Crippen molar-refractivity contribution in [3.63, 3.8) is 0 Å². The molecule has 0 radical (unpaired) electrons. The standard InChI is InChI=1S/C34H22N4/c1-3-13-31-27(11-1)29-21-35-17-15-33(29)37(31)25-9-5-7-23(19-25)24-8-6-10-26(20-24)38-32-14-4-2-12-28(32)30-22-36-18-16-34(30)38/h1-22H. The first-order valence-corrected chi connectivity index (χ1v) is 12.7. The summed E-state index contributed by atoms with van der Waals surface area (Å²) in [6, 6.07) is 38.9. The maximum Gasteiger partial charge on any atom is 0.0571 e. The van der Waals surface area contributed by atoms with Gasteiger partial charge >= 0.3 is 0 Å². The maximum atomic E-state index is 4.39. The molecule has 4 heterocycles. The predicted octanol–water partition coefficient (Wildman–Crippen LogP) is 8.34. The zero-order chi connectivity index (χ0) is 25.1. The highest BCUT2D eigenvalue weighted by atomic mass is 15.0. The van der Waals surface area contributed by atoms with Crippen LogP contribution in [0.1, 0.15) is 0 Å². The van der Waals surface area contributed by atoms with E-state index in [4.69, 9.17) is 0 Å². The predicted molar refractivity (Wildman–Crippen MR) is 156 cm³/mol. The number of rotatable bonds is 3. The summed E-state index contributed by atoms with van der Waals surface area (Å²) in [5, 5.41) is 4.75. The fourth-order valence-electron chi connectivity index (χ4n) is 5.84. The average Bonchev–Trinajstić information content (AvgIpc) is 3.51. The molecular formula is C34H22N4. The van der Waals surface area contributed by atoms with E-state index < -0.39 is 0 Å². The second-order valence-electron chi connectivity index (χ2n) is 9.59. The first-order chi connectivity index (χ1) is 18.9. The lowest BCUT2D eigenvalue weighted by molar-refractivity contribution is 1.17. The van der Waals surface area contributed by atoms with Gasteiger partial charge in [-0.15, -0.1) is 0 Å². The molecule has 178 valence electrons. The van der Waals surface area contributed by atoms with Crippen molar-refractivity contribution in [1.29, 1.82) is 0 Å². The fraction of sp³-hybridized carbons (Fsp3) is 0. The van der Waals surface area contributed by atoms with E-state index in [1.807, 2.05) is 24.8 Å². The van der Waals surface area contributed by atoms with Gasteiger partial charge in [-0.2, -0.15) is 0 Å². The van der Waals surface area contributed by atoms with Crippen LogP contribution < -0.4 is 0 Å². The van der Waals surface area contributed by atoms with E-state index in [-0.39, 0.29) is 0 Å². The Morgan fingerprint density at radius 2 is 0.842 bits per heavy atom. The first kappa shape index (κ1) is 20.9. The SMILES string of the molecule is c1cc(-c2cccc(-n3c4ccccc4c4cnccc43)c2)cc(-n2c3ccccc3c3cnccc32)c1. The first-order valence-electron chi connectivity index (χ1n) is 12.7. The molecule has 0 aliphatic heterocycles. The molecule has 0 aliphatic rings. The quantitative estimate of drug-likeness (QED) is 0.252. The molecule has 8 rings (SSSR count). The number of hydrogen-bond donors (Lipinski definition) is 0. The molecule has 0 aliphatic carbocycles. The van der Waals surface area contributed by atoms with Crippen LogP contribution in [-0.4, -0.2) is 19.1 Å². The highest BCUT2D eigenvalue weighted by Crippen LogP contribution is 2.35. The Kier molecular flexibility index (Phi) is 4.49. The third-order valence-electron chi connectivity index (χ3n) is 7.49. The van der Waals surface area contributed by atoms with Crippen molar-refractivity contribution in [2.75, 3.05) is 0 Å². The zero-order valence-electron chi connectivity index (χ0n) is 20.5. The van der Waals surface area contributed by atoms with Gasteiger partial charge in [0.15, 0.2) is 0 Å². The van der Waals surface area contributed by atoms with Gasteiger partial charge in [-0.05, 0) is 59.7 Å². The Balaban J connectivity index is 1.32. The molecular weight excluding hydrogens is 464 g/mol. The van der Waals surface area contributed by atoms with Crippen LogP contribution in [-0.2, 0) is 0 Å². The van der Waals surface area contributed by atoms with Crippen molar-refractivity contribution in [2.45, 2.75) is 0 Å². The van der Waals surface area contributed by atoms with Gasteiger partial charge in [0.25, 0.3) is 0 Å². The van der Waals surface area contributed by atoms with E-state index in [0.717, 1.165) is 33.2 Å². The molecule has 0 fully saturated rings. The van der Waals surface area contributed by atoms with Gasteiger partial charge in [0.2, 0.25) is 0 Å². The van der Waals surface area contributed by atoms with Gasteiger partial charge in [0, 0.05) is 57.7 Å². The van der Waals surface area contributed by atoms with Gasteiger partial charge in [-0.3, -0.25) is 9.97 Å². The summed E-state index contributed by atoms with van der Waals surface area (Å²) in [4.78, 5) is 8.79. The summed E-state index contributed by atoms with van der Waals surface area (Å²) in [6.07, 6.45) is 7.66. The molecule has 0 N–H and O–H groups in total. The van der Waals surface area contributed by atoms with E-state index in [9.17, 15) is 0 Å². The van der Waals surface area contributed by atoms with Gasteiger partial charge in [0.1, 0.15) is 0 Å². The second-order valence-corrected chi connectivity index (χ2v) is 9.59. The van der Waals surface area contributed by atoms with E-state index in [1.54, 1.807) is 0 Å². The Labute approximate surface area is 219 Å². The summed E-state index contributed by atoms with van der Waals surface area (Å²) in [6.45, 7) is 0. The molecule has 0 atom stereocenters. The summed E-state index contributed by atoms with van der Waals surface area (Å²) < 4.78 is 4.67. The Morgan fingerprint density at radius 3 is 1.34 bits per heavy atom. The normalized spacial score (nSPS) is 11.7. The molecule has 0 unspecified atom stereocenters. The summed E-state index contributed by atoms with van der Waals surface area (Å²) in [5.41, 5.74) is 9.29. The smallest absolute Gasteiger partial charge is 0.0571 e. The largest absolute Gasteiger partial charge is 0.309 e. The van der Waals surface area contributed by atoms with Crippen LogP contribution in [0.2, 0.25) is 0 Å². The lowest BCUT2D eigenvalue weighted by Crippen LogP contribution is -1.96. The minimum atomic E-state index is 1.13. The molecule has 8 aromatic rings. The van der Waals surface area contributed by atoms with Crippen LogP contribution in [0, 0.1) is 0 Å². The van der Waals surface area contributed by atoms with Crippen molar-refractivity contribution < 1.29 is 0 Å². The summed E-state index contributed by atoms with van der Waals surface area (Å²) in [5.74, 6) is 0. The van der Waals surface area contributed by atoms with Crippen molar-refractivity contribution in [3.05, 3.63) is 134 Å². The minimum Gasteiger partial charge on any atom is -0.309 e. The molecule has 0 saturated carbocycles. The number of pyridine rings is 2. The number of hydrogen-bond acceptors (Lipinski definition) is 2. The molecule has 0 spiro atoms. The third-order valence-corrected chi connectivity index (χ3v) is 7.49. The third kappa shape index (κ3) is 3.04. The summed E-state index contributed by atoms with van der Waals surface area (Å²) in [7, 11) is 0. The zero-order valence-corrected chi connectivity index (χ0v) is 20.5. The molecule has 4 heteroatoms. The van der Waals surface area contributed by atoms with E-state index in [1.165, 1.54) is 32.9 Å². The van der Waals surface area contributed by atoms with Gasteiger partial charge in [-0.25, -0.2) is 0 Å². The molecule has 0 amide bonds. The van der Waals surface area contributed by atoms with Crippen LogP contribution in [0.5, 0.6) is 0 Å². The lowest BCUT2D eigenvalue weighted by Gasteiger charge is -2.12. The maximum absolute atomic E-state index is 4.39. The summed E-state index contributed by atoms with van der Waals surface area (Å²) >= 11 is 0.